The van der Waals surface area contributed by atoms with Gasteiger partial charge in [-0.05, 0) is 57.0 Å². The lowest BCUT2D eigenvalue weighted by atomic mass is 10.1. The van der Waals surface area contributed by atoms with Gasteiger partial charge in [-0.1, -0.05) is 29.8 Å². The van der Waals surface area contributed by atoms with Gasteiger partial charge in [-0.3, -0.25) is 9.89 Å². The lowest BCUT2D eigenvalue weighted by Crippen LogP contribution is -2.29. The minimum Gasteiger partial charge on any atom is -0.345 e. The van der Waals surface area contributed by atoms with Crippen LogP contribution in [0.15, 0.2) is 54.6 Å². The summed E-state index contributed by atoms with van der Waals surface area (Å²) in [5.41, 5.74) is 5.81. The Hall–Kier alpha value is -3.32. The molecule has 2 aromatic heterocycles. The molecule has 5 nitrogen and oxygen atoms in total. The monoisotopic (exact) mass is 462 g/mol. The first-order valence-electron chi connectivity index (χ1n) is 11.0. The number of benzene rings is 2. The summed E-state index contributed by atoms with van der Waals surface area (Å²) in [5, 5.41) is 8.32. The molecule has 1 amide bonds. The number of aromatic amines is 1. The first-order valence-corrected chi connectivity index (χ1v) is 11.8. The maximum Gasteiger partial charge on any atom is 0.227 e. The third-order valence-electron chi connectivity index (χ3n) is 5.58. The number of aromatic nitrogens is 3. The molecule has 4 rings (SSSR count). The highest BCUT2D eigenvalue weighted by atomic mass is 32.1. The van der Waals surface area contributed by atoms with Crippen molar-refractivity contribution in [3.8, 4) is 22.5 Å². The first kappa shape index (κ1) is 22.9. The van der Waals surface area contributed by atoms with E-state index in [9.17, 15) is 9.18 Å². The van der Waals surface area contributed by atoms with E-state index in [-0.39, 0.29) is 11.7 Å². The number of aryl methyl sites for hydroxylation is 3. The molecular weight excluding hydrogens is 435 g/mol. The smallest absolute Gasteiger partial charge is 0.227 e. The second-order valence-electron chi connectivity index (χ2n) is 8.25. The van der Waals surface area contributed by atoms with E-state index in [1.54, 1.807) is 28.4 Å². The van der Waals surface area contributed by atoms with Crippen molar-refractivity contribution in [3.05, 3.63) is 81.6 Å². The predicted octanol–water partition coefficient (Wildman–Crippen LogP) is 5.59. The predicted molar refractivity (Wildman–Crippen MR) is 131 cm³/mol. The number of hydrogen-bond acceptors (Lipinski definition) is 4. The van der Waals surface area contributed by atoms with Crippen molar-refractivity contribution >= 4 is 17.2 Å². The average molecular weight is 463 g/mol. The van der Waals surface area contributed by atoms with Crippen LogP contribution in [0.1, 0.15) is 27.6 Å². The second kappa shape index (κ2) is 10.1. The van der Waals surface area contributed by atoms with Gasteiger partial charge in [0.25, 0.3) is 0 Å². The Morgan fingerprint density at radius 1 is 1.06 bits per heavy atom. The van der Waals surface area contributed by atoms with Gasteiger partial charge < -0.3 is 4.90 Å². The zero-order chi connectivity index (χ0) is 23.4. The summed E-state index contributed by atoms with van der Waals surface area (Å²) < 4.78 is 13.1. The molecule has 0 radical (unpaired) electrons. The SMILES string of the molecule is Cc1ccc(-c2nc(C)sc2CC(=O)N(C)CCCc2cc(-c3ccc(F)cc3)n[nH]2)cc1. The summed E-state index contributed by atoms with van der Waals surface area (Å²) in [7, 11) is 1.85. The molecule has 0 bridgehead atoms. The quantitative estimate of drug-likeness (QED) is 0.371. The van der Waals surface area contributed by atoms with E-state index in [1.807, 2.05) is 20.0 Å². The highest BCUT2D eigenvalue weighted by molar-refractivity contribution is 7.12. The van der Waals surface area contributed by atoms with Crippen LogP contribution in [0.4, 0.5) is 4.39 Å². The zero-order valence-electron chi connectivity index (χ0n) is 19.1. The number of hydrogen-bond donors (Lipinski definition) is 1. The molecule has 0 saturated heterocycles. The van der Waals surface area contributed by atoms with E-state index in [0.29, 0.717) is 13.0 Å². The third-order valence-corrected chi connectivity index (χ3v) is 6.55. The van der Waals surface area contributed by atoms with Crippen molar-refractivity contribution in [3.63, 3.8) is 0 Å². The Bertz CT molecular complexity index is 1230. The molecule has 0 spiro atoms. The number of nitrogens with zero attached hydrogens (tertiary/aromatic N) is 3. The molecule has 0 aliphatic carbocycles. The number of nitrogens with one attached hydrogen (secondary N) is 1. The van der Waals surface area contributed by atoms with E-state index in [0.717, 1.165) is 50.9 Å². The van der Waals surface area contributed by atoms with Gasteiger partial charge in [-0.25, -0.2) is 9.37 Å². The third kappa shape index (κ3) is 5.73. The lowest BCUT2D eigenvalue weighted by Gasteiger charge is -2.16. The molecule has 2 aromatic carbocycles. The standard InChI is InChI=1S/C26H27FN4OS/c1-17-6-8-20(9-7-17)26-24(33-18(2)28-26)16-25(32)31(3)14-4-5-22-15-23(30-29-22)19-10-12-21(27)13-11-19/h6-13,15H,4-5,14,16H2,1-3H3,(H,29,30). The van der Waals surface area contributed by atoms with E-state index in [4.69, 9.17) is 0 Å². The van der Waals surface area contributed by atoms with Gasteiger partial charge in [0.15, 0.2) is 0 Å². The molecule has 0 unspecified atom stereocenters. The van der Waals surface area contributed by atoms with Crippen LogP contribution in [0.2, 0.25) is 0 Å². The fourth-order valence-corrected chi connectivity index (χ4v) is 4.64. The molecule has 170 valence electrons. The number of thiazole rings is 1. The Kier molecular flexibility index (Phi) is 6.99. The maximum atomic E-state index is 13.1. The number of carbonyl (C=O) groups is 1. The van der Waals surface area contributed by atoms with E-state index >= 15 is 0 Å². The van der Waals surface area contributed by atoms with Gasteiger partial charge in [0.1, 0.15) is 5.82 Å². The number of amides is 1. The van der Waals surface area contributed by atoms with Crippen LogP contribution in [0.3, 0.4) is 0 Å². The van der Waals surface area contributed by atoms with Crippen molar-refractivity contribution in [1.82, 2.24) is 20.1 Å². The molecule has 33 heavy (non-hydrogen) atoms. The van der Waals surface area contributed by atoms with Gasteiger partial charge in [-0.2, -0.15) is 5.10 Å². The van der Waals surface area contributed by atoms with Crippen molar-refractivity contribution in [2.45, 2.75) is 33.1 Å². The summed E-state index contributed by atoms with van der Waals surface area (Å²) in [5.74, 6) is -0.176. The van der Waals surface area contributed by atoms with Crippen molar-refractivity contribution in [1.29, 1.82) is 0 Å². The van der Waals surface area contributed by atoms with Gasteiger partial charge in [0, 0.05) is 35.3 Å². The second-order valence-corrected chi connectivity index (χ2v) is 9.54. The van der Waals surface area contributed by atoms with Crippen molar-refractivity contribution in [2.75, 3.05) is 13.6 Å². The topological polar surface area (TPSA) is 61.9 Å². The largest absolute Gasteiger partial charge is 0.345 e. The zero-order valence-corrected chi connectivity index (χ0v) is 19.9. The van der Waals surface area contributed by atoms with Crippen LogP contribution >= 0.6 is 11.3 Å². The Morgan fingerprint density at radius 2 is 1.76 bits per heavy atom. The van der Waals surface area contributed by atoms with Crippen molar-refractivity contribution in [2.24, 2.45) is 0 Å². The fourth-order valence-electron chi connectivity index (χ4n) is 3.69. The molecule has 7 heteroatoms. The highest BCUT2D eigenvalue weighted by Crippen LogP contribution is 2.29. The van der Waals surface area contributed by atoms with Gasteiger partial charge in [0.05, 0.1) is 22.8 Å². The summed E-state index contributed by atoms with van der Waals surface area (Å²) in [6, 6.07) is 16.5. The normalized spacial score (nSPS) is 11.0. The molecule has 0 atom stereocenters. The van der Waals surface area contributed by atoms with Crippen LogP contribution in [0, 0.1) is 19.7 Å². The molecule has 0 aliphatic rings. The maximum absolute atomic E-state index is 13.1. The van der Waals surface area contributed by atoms with Crippen LogP contribution in [-0.2, 0) is 17.6 Å². The number of likely N-dealkylation sites (N-methyl/N-ethyl adjacent to an activating group) is 1. The van der Waals surface area contributed by atoms with Gasteiger partial charge in [0.2, 0.25) is 5.91 Å². The lowest BCUT2D eigenvalue weighted by molar-refractivity contribution is -0.129. The van der Waals surface area contributed by atoms with Crippen molar-refractivity contribution < 1.29 is 9.18 Å². The highest BCUT2D eigenvalue weighted by Gasteiger charge is 2.17. The Morgan fingerprint density at radius 3 is 2.48 bits per heavy atom. The summed E-state index contributed by atoms with van der Waals surface area (Å²) in [6.07, 6.45) is 1.95. The van der Waals surface area contributed by atoms with E-state index in [1.165, 1.54) is 17.7 Å². The molecule has 2 heterocycles. The molecular formula is C26H27FN4OS. The fraction of sp³-hybridized carbons (Fsp3) is 0.269. The van der Waals surface area contributed by atoms with Crippen LogP contribution < -0.4 is 0 Å². The number of H-pyrrole nitrogens is 1. The van der Waals surface area contributed by atoms with Gasteiger partial charge in [-0.15, -0.1) is 11.3 Å². The first-order chi connectivity index (χ1) is 15.9. The van der Waals surface area contributed by atoms with Crippen LogP contribution in [-0.4, -0.2) is 39.6 Å². The van der Waals surface area contributed by atoms with Crippen LogP contribution in [0.5, 0.6) is 0 Å². The Balaban J connectivity index is 1.32. The number of halogens is 1. The minimum absolute atomic E-state index is 0.0867. The average Bonchev–Trinajstić information content (AvgIpc) is 3.41. The summed E-state index contributed by atoms with van der Waals surface area (Å²) in [4.78, 5) is 20.3. The molecule has 0 aliphatic heterocycles. The van der Waals surface area contributed by atoms with E-state index < -0.39 is 0 Å². The Labute approximate surface area is 197 Å². The molecule has 0 saturated carbocycles. The van der Waals surface area contributed by atoms with Gasteiger partial charge >= 0.3 is 0 Å². The molecule has 4 aromatic rings. The summed E-state index contributed by atoms with van der Waals surface area (Å²) in [6.45, 7) is 4.69. The number of carbonyl (C=O) groups excluding carboxylic acids is 1. The van der Waals surface area contributed by atoms with E-state index in [2.05, 4.69) is 46.4 Å². The minimum atomic E-state index is -0.262. The summed E-state index contributed by atoms with van der Waals surface area (Å²) >= 11 is 1.59. The molecule has 0 fully saturated rings. The number of rotatable bonds is 8. The van der Waals surface area contributed by atoms with Crippen LogP contribution in [0.25, 0.3) is 22.5 Å². The molecule has 1 N–H and O–H groups in total.